The van der Waals surface area contributed by atoms with E-state index < -0.39 is 0 Å². The number of likely N-dealkylation sites (tertiary alicyclic amines) is 1. The van der Waals surface area contributed by atoms with Gasteiger partial charge in [-0.1, -0.05) is 6.07 Å². The Bertz CT molecular complexity index is 562. The number of hydrogen-bond acceptors (Lipinski definition) is 3. The number of nitrogens with zero attached hydrogens (tertiary/aromatic N) is 1. The van der Waals surface area contributed by atoms with Crippen molar-refractivity contribution in [1.82, 2.24) is 4.90 Å². The quantitative estimate of drug-likeness (QED) is 0.852. The van der Waals surface area contributed by atoms with E-state index in [1.165, 1.54) is 11.1 Å². The first-order valence-corrected chi connectivity index (χ1v) is 8.95. The van der Waals surface area contributed by atoms with Crippen LogP contribution >= 0.6 is 0 Å². The molecule has 4 heteroatoms. The highest BCUT2D eigenvalue weighted by Gasteiger charge is 2.46. The van der Waals surface area contributed by atoms with Crippen LogP contribution in [0.15, 0.2) is 18.2 Å². The number of benzene rings is 1. The lowest BCUT2D eigenvalue weighted by Gasteiger charge is -2.42. The highest BCUT2D eigenvalue weighted by Crippen LogP contribution is 2.52. The Balaban J connectivity index is 1.56. The topological polar surface area (TPSA) is 21.7 Å². The fraction of sp³-hybridized carbons (Fsp3) is 0.684. The van der Waals surface area contributed by atoms with E-state index in [1.807, 2.05) is 13.0 Å². The fourth-order valence-corrected chi connectivity index (χ4v) is 4.79. The van der Waals surface area contributed by atoms with Crippen molar-refractivity contribution in [1.29, 1.82) is 0 Å². The van der Waals surface area contributed by atoms with E-state index in [2.05, 4.69) is 4.90 Å². The first-order valence-electron chi connectivity index (χ1n) is 8.95. The van der Waals surface area contributed by atoms with Gasteiger partial charge in [-0.3, -0.25) is 4.90 Å². The average molecular weight is 319 g/mol. The van der Waals surface area contributed by atoms with Gasteiger partial charge >= 0.3 is 0 Å². The Labute approximate surface area is 137 Å². The maximum atomic E-state index is 13.9. The molecule has 2 heterocycles. The molecule has 1 spiro atoms. The third-order valence-corrected chi connectivity index (χ3v) is 6.05. The summed E-state index contributed by atoms with van der Waals surface area (Å²) in [6, 6.07) is 5.87. The van der Waals surface area contributed by atoms with Crippen LogP contribution in [-0.2, 0) is 14.9 Å². The second-order valence-corrected chi connectivity index (χ2v) is 7.21. The summed E-state index contributed by atoms with van der Waals surface area (Å²) in [7, 11) is 0. The summed E-state index contributed by atoms with van der Waals surface area (Å²) in [6.07, 6.45) is 4.50. The molecule has 126 valence electrons. The van der Waals surface area contributed by atoms with Crippen molar-refractivity contribution in [3.63, 3.8) is 0 Å². The van der Waals surface area contributed by atoms with Gasteiger partial charge in [-0.25, -0.2) is 4.39 Å². The normalized spacial score (nSPS) is 30.0. The molecule has 2 aliphatic heterocycles. The molecule has 1 aromatic rings. The Morgan fingerprint density at radius 1 is 1.35 bits per heavy atom. The predicted molar refractivity (Wildman–Crippen MR) is 87.1 cm³/mol. The van der Waals surface area contributed by atoms with Gasteiger partial charge in [-0.05, 0) is 69.0 Å². The Hall–Kier alpha value is -0.970. The number of fused-ring (bicyclic) bond motifs is 2. The molecule has 1 aliphatic carbocycles. The molecule has 0 unspecified atom stereocenters. The minimum atomic E-state index is -0.119. The maximum absolute atomic E-state index is 13.9. The van der Waals surface area contributed by atoms with E-state index in [-0.39, 0.29) is 17.3 Å². The summed E-state index contributed by atoms with van der Waals surface area (Å²) >= 11 is 0. The van der Waals surface area contributed by atoms with Gasteiger partial charge in [0.25, 0.3) is 0 Å². The van der Waals surface area contributed by atoms with E-state index in [4.69, 9.17) is 9.47 Å². The molecular weight excluding hydrogens is 293 g/mol. The molecule has 0 saturated carbocycles. The lowest BCUT2D eigenvalue weighted by atomic mass is 9.73. The number of halogens is 1. The van der Waals surface area contributed by atoms with Crippen molar-refractivity contribution in [3.05, 3.63) is 35.1 Å². The van der Waals surface area contributed by atoms with Crippen LogP contribution in [0, 0.1) is 5.82 Å². The van der Waals surface area contributed by atoms with Gasteiger partial charge in [0.15, 0.2) is 0 Å². The fourth-order valence-electron chi connectivity index (χ4n) is 4.79. The average Bonchev–Trinajstić information content (AvgIpc) is 3.17. The Morgan fingerprint density at radius 3 is 2.87 bits per heavy atom. The Kier molecular flexibility index (Phi) is 4.16. The van der Waals surface area contributed by atoms with E-state index in [0.29, 0.717) is 12.6 Å². The summed E-state index contributed by atoms with van der Waals surface area (Å²) in [4.78, 5) is 2.57. The van der Waals surface area contributed by atoms with Gasteiger partial charge in [-0.2, -0.15) is 0 Å². The van der Waals surface area contributed by atoms with Crippen LogP contribution in [0.2, 0.25) is 0 Å². The van der Waals surface area contributed by atoms with Crippen LogP contribution in [-0.4, -0.2) is 43.9 Å². The standard InChI is InChI=1S/C19H26FNO2/c1-2-23-18-12-19(17-11-14(20)3-4-16(17)18)6-8-21(9-7-19)15-5-10-22-13-15/h3-4,11,15,18H,2,5-10,12-13H2,1H3/t15-,18+/m1/s1. The van der Waals surface area contributed by atoms with Crippen molar-refractivity contribution in [2.45, 2.75) is 50.2 Å². The highest BCUT2D eigenvalue weighted by atomic mass is 19.1. The van der Waals surface area contributed by atoms with Gasteiger partial charge in [0.1, 0.15) is 5.82 Å². The highest BCUT2D eigenvalue weighted by molar-refractivity contribution is 5.42. The Morgan fingerprint density at radius 2 is 2.17 bits per heavy atom. The van der Waals surface area contributed by atoms with Crippen molar-refractivity contribution < 1.29 is 13.9 Å². The maximum Gasteiger partial charge on any atom is 0.123 e. The molecule has 0 aromatic heterocycles. The summed E-state index contributed by atoms with van der Waals surface area (Å²) in [6.45, 7) is 6.69. The molecule has 0 N–H and O–H groups in total. The SMILES string of the molecule is CCO[C@H]1CC2(CCN([C@@H]3CCOC3)CC2)c2cc(F)ccc21. The van der Waals surface area contributed by atoms with Crippen molar-refractivity contribution >= 4 is 0 Å². The molecule has 3 nitrogen and oxygen atoms in total. The molecule has 1 aromatic carbocycles. The van der Waals surface area contributed by atoms with E-state index in [9.17, 15) is 4.39 Å². The summed E-state index contributed by atoms with van der Waals surface area (Å²) < 4.78 is 25.4. The van der Waals surface area contributed by atoms with E-state index >= 15 is 0 Å². The van der Waals surface area contributed by atoms with Gasteiger partial charge < -0.3 is 9.47 Å². The molecule has 2 fully saturated rings. The summed E-state index contributed by atoms with van der Waals surface area (Å²) in [5.74, 6) is -0.119. The van der Waals surface area contributed by atoms with Crippen LogP contribution in [0.1, 0.15) is 49.8 Å². The van der Waals surface area contributed by atoms with Crippen LogP contribution in [0.4, 0.5) is 4.39 Å². The third-order valence-electron chi connectivity index (χ3n) is 6.05. The van der Waals surface area contributed by atoms with Crippen LogP contribution in [0.3, 0.4) is 0 Å². The molecule has 3 aliphatic rings. The molecule has 0 radical (unpaired) electrons. The second kappa shape index (κ2) is 6.15. The molecule has 23 heavy (non-hydrogen) atoms. The lowest BCUT2D eigenvalue weighted by Crippen LogP contribution is -2.46. The molecule has 2 atom stereocenters. The van der Waals surface area contributed by atoms with Crippen molar-refractivity contribution in [2.24, 2.45) is 0 Å². The van der Waals surface area contributed by atoms with Crippen molar-refractivity contribution in [3.8, 4) is 0 Å². The first-order chi connectivity index (χ1) is 11.2. The lowest BCUT2D eigenvalue weighted by molar-refractivity contribution is 0.0345. The zero-order valence-corrected chi connectivity index (χ0v) is 13.9. The molecular formula is C19H26FNO2. The van der Waals surface area contributed by atoms with Crippen molar-refractivity contribution in [2.75, 3.05) is 32.9 Å². The third kappa shape index (κ3) is 2.71. The largest absolute Gasteiger partial charge is 0.380 e. The van der Waals surface area contributed by atoms with Crippen LogP contribution in [0.5, 0.6) is 0 Å². The number of piperidine rings is 1. The van der Waals surface area contributed by atoms with Crippen LogP contribution < -0.4 is 0 Å². The molecule has 2 saturated heterocycles. The predicted octanol–water partition coefficient (Wildman–Crippen LogP) is 3.43. The van der Waals surface area contributed by atoms with E-state index in [0.717, 1.165) is 52.0 Å². The first kappa shape index (κ1) is 15.6. The number of ether oxygens (including phenoxy) is 2. The summed E-state index contributed by atoms with van der Waals surface area (Å²) in [5.41, 5.74) is 2.52. The minimum absolute atomic E-state index is 0.104. The molecule has 0 amide bonds. The zero-order valence-electron chi connectivity index (χ0n) is 13.9. The monoisotopic (exact) mass is 319 g/mol. The summed E-state index contributed by atoms with van der Waals surface area (Å²) in [5, 5.41) is 0. The van der Waals surface area contributed by atoms with Gasteiger partial charge in [0, 0.05) is 24.7 Å². The van der Waals surface area contributed by atoms with Gasteiger partial charge in [0.05, 0.1) is 12.7 Å². The minimum Gasteiger partial charge on any atom is -0.380 e. The van der Waals surface area contributed by atoms with Crippen LogP contribution in [0.25, 0.3) is 0 Å². The zero-order chi connectivity index (χ0) is 15.9. The number of rotatable bonds is 3. The number of hydrogen-bond donors (Lipinski definition) is 0. The molecule has 4 rings (SSSR count). The smallest absolute Gasteiger partial charge is 0.123 e. The van der Waals surface area contributed by atoms with Gasteiger partial charge in [-0.15, -0.1) is 0 Å². The molecule has 0 bridgehead atoms. The van der Waals surface area contributed by atoms with Gasteiger partial charge in [0.2, 0.25) is 0 Å². The van der Waals surface area contributed by atoms with E-state index in [1.54, 1.807) is 12.1 Å². The second-order valence-electron chi connectivity index (χ2n) is 7.21.